The number of nitrogens with one attached hydrogen (secondary N) is 1. The molecule has 0 heterocycles. The van der Waals surface area contributed by atoms with Gasteiger partial charge in [-0.2, -0.15) is 0 Å². The van der Waals surface area contributed by atoms with Crippen LogP contribution in [0.15, 0.2) is 0 Å². The van der Waals surface area contributed by atoms with E-state index in [1.807, 2.05) is 0 Å². The molecule has 4 nitrogen and oxygen atoms in total. The van der Waals surface area contributed by atoms with E-state index < -0.39 is 7.60 Å². The highest BCUT2D eigenvalue weighted by atomic mass is 31.2. The molecule has 1 atom stereocenters. The molecule has 0 spiro atoms. The summed E-state index contributed by atoms with van der Waals surface area (Å²) >= 11 is 0. The van der Waals surface area contributed by atoms with Crippen molar-refractivity contribution in [3.8, 4) is 0 Å². The van der Waals surface area contributed by atoms with Gasteiger partial charge in [-0.25, -0.2) is 0 Å². The summed E-state index contributed by atoms with van der Waals surface area (Å²) < 4.78 is 15.2. The molecule has 0 aliphatic carbocycles. The van der Waals surface area contributed by atoms with Gasteiger partial charge in [0, 0.05) is 0 Å². The van der Waals surface area contributed by atoms with Crippen LogP contribution in [0.25, 0.3) is 0 Å². The van der Waals surface area contributed by atoms with Crippen molar-refractivity contribution in [2.75, 3.05) is 19.9 Å². The van der Waals surface area contributed by atoms with E-state index in [1.165, 1.54) is 0 Å². The Morgan fingerprint density at radius 2 is 2.33 bits per heavy atom. The van der Waals surface area contributed by atoms with Gasteiger partial charge in [0.25, 0.3) is 0 Å². The lowest BCUT2D eigenvalue weighted by atomic mass is 10.9. The lowest BCUT2D eigenvalue weighted by Crippen LogP contribution is -2.09. The Hall–Kier alpha value is 0.110. The minimum absolute atomic E-state index is 0.0147. The quantitative estimate of drug-likeness (QED) is 0.573. The molecule has 0 aromatic heterocycles. The number of rotatable bonds is 4. The van der Waals surface area contributed by atoms with E-state index in [0.717, 1.165) is 0 Å². The summed E-state index contributed by atoms with van der Waals surface area (Å²) in [5, 5.41) is 2.55. The van der Waals surface area contributed by atoms with Gasteiger partial charge in [0.1, 0.15) is 0 Å². The summed E-state index contributed by atoms with van der Waals surface area (Å²) in [6.07, 6.45) is 0.0147. The van der Waals surface area contributed by atoms with Crippen LogP contribution in [0.2, 0.25) is 0 Å². The van der Waals surface area contributed by atoms with Gasteiger partial charge in [-0.3, -0.25) is 4.57 Å². The predicted octanol–water partition coefficient (Wildman–Crippen LogP) is 0.385. The third kappa shape index (κ3) is 4.60. The van der Waals surface area contributed by atoms with Gasteiger partial charge in [-0.1, -0.05) is 0 Å². The van der Waals surface area contributed by atoms with Gasteiger partial charge in [-0.05, 0) is 14.0 Å². The fourth-order valence-corrected chi connectivity index (χ4v) is 1.34. The van der Waals surface area contributed by atoms with Crippen LogP contribution in [0.5, 0.6) is 0 Å². The van der Waals surface area contributed by atoms with E-state index in [0.29, 0.717) is 0 Å². The Kier molecular flexibility index (Phi) is 4.06. The van der Waals surface area contributed by atoms with Gasteiger partial charge in [0.05, 0.1) is 12.9 Å². The van der Waals surface area contributed by atoms with Gasteiger partial charge < -0.3 is 14.7 Å². The van der Waals surface area contributed by atoms with Gasteiger partial charge in [-0.15, -0.1) is 0 Å². The van der Waals surface area contributed by atoms with Crippen molar-refractivity contribution >= 4 is 7.60 Å². The molecule has 2 N–H and O–H groups in total. The fraction of sp³-hybridized carbons (Fsp3) is 1.00. The molecule has 0 bridgehead atoms. The molecule has 0 saturated heterocycles. The summed E-state index contributed by atoms with van der Waals surface area (Å²) in [5.74, 6) is 0. The third-order valence-electron chi connectivity index (χ3n) is 0.689. The highest BCUT2D eigenvalue weighted by Crippen LogP contribution is 2.39. The molecule has 1 unspecified atom stereocenters. The summed E-state index contributed by atoms with van der Waals surface area (Å²) in [6.45, 7) is 1.95. The van der Waals surface area contributed by atoms with Gasteiger partial charge in [0.15, 0.2) is 0 Å². The van der Waals surface area contributed by atoms with E-state index in [1.54, 1.807) is 14.0 Å². The second kappa shape index (κ2) is 4.01. The van der Waals surface area contributed by atoms with Crippen molar-refractivity contribution in [3.05, 3.63) is 0 Å². The Morgan fingerprint density at radius 3 is 2.67 bits per heavy atom. The molecule has 0 rings (SSSR count). The van der Waals surface area contributed by atoms with Crippen molar-refractivity contribution in [1.29, 1.82) is 0 Å². The summed E-state index contributed by atoms with van der Waals surface area (Å²) in [4.78, 5) is 8.79. The molecular formula is C4H12NO3P. The molecule has 0 aliphatic rings. The van der Waals surface area contributed by atoms with Crippen LogP contribution in [0.1, 0.15) is 6.92 Å². The standard InChI is InChI=1S/C4H12NO3P/c1-3-8-9(6,7)4-5-2/h5H,3-4H2,1-2H3,(H,6,7). The van der Waals surface area contributed by atoms with Gasteiger partial charge >= 0.3 is 7.60 Å². The molecule has 0 aromatic carbocycles. The predicted molar refractivity (Wildman–Crippen MR) is 35.4 cm³/mol. The number of hydrogen-bond acceptors (Lipinski definition) is 3. The maximum absolute atomic E-state index is 10.7. The number of hydrogen-bond donors (Lipinski definition) is 2. The van der Waals surface area contributed by atoms with Crippen LogP contribution >= 0.6 is 7.60 Å². The summed E-state index contributed by atoms with van der Waals surface area (Å²) in [6, 6.07) is 0. The van der Waals surface area contributed by atoms with Crippen LogP contribution in [0, 0.1) is 0 Å². The largest absolute Gasteiger partial charge is 0.341 e. The average Bonchev–Trinajstić information content (AvgIpc) is 1.64. The topological polar surface area (TPSA) is 58.6 Å². The minimum atomic E-state index is -3.30. The van der Waals surface area contributed by atoms with Crippen molar-refractivity contribution in [2.45, 2.75) is 6.92 Å². The van der Waals surface area contributed by atoms with Crippen LogP contribution in [0.3, 0.4) is 0 Å². The molecule has 9 heavy (non-hydrogen) atoms. The van der Waals surface area contributed by atoms with Crippen molar-refractivity contribution in [2.24, 2.45) is 0 Å². The first-order valence-corrected chi connectivity index (χ1v) is 4.49. The lowest BCUT2D eigenvalue weighted by molar-refractivity contribution is 0.272. The molecule has 56 valence electrons. The van der Waals surface area contributed by atoms with Crippen molar-refractivity contribution < 1.29 is 14.0 Å². The van der Waals surface area contributed by atoms with E-state index in [4.69, 9.17) is 4.89 Å². The first-order valence-electron chi connectivity index (χ1n) is 2.73. The Balaban J connectivity index is 3.58. The fourth-order valence-electron chi connectivity index (χ4n) is 0.447. The average molecular weight is 153 g/mol. The van der Waals surface area contributed by atoms with Crippen LogP contribution in [0.4, 0.5) is 0 Å². The monoisotopic (exact) mass is 153 g/mol. The maximum Gasteiger partial charge on any atom is 0.341 e. The van der Waals surface area contributed by atoms with Crippen LogP contribution < -0.4 is 5.32 Å². The zero-order valence-electron chi connectivity index (χ0n) is 5.63. The Bertz CT molecular complexity index is 106. The van der Waals surface area contributed by atoms with E-state index in [9.17, 15) is 4.57 Å². The zero-order valence-corrected chi connectivity index (χ0v) is 6.52. The van der Waals surface area contributed by atoms with E-state index >= 15 is 0 Å². The molecular weight excluding hydrogens is 141 g/mol. The molecule has 0 radical (unpaired) electrons. The minimum Gasteiger partial charge on any atom is -0.323 e. The summed E-state index contributed by atoms with van der Waals surface area (Å²) in [7, 11) is -1.70. The van der Waals surface area contributed by atoms with Crippen molar-refractivity contribution in [1.82, 2.24) is 5.32 Å². The Morgan fingerprint density at radius 1 is 1.78 bits per heavy atom. The molecule has 0 saturated carbocycles. The molecule has 5 heteroatoms. The third-order valence-corrected chi connectivity index (χ3v) is 2.07. The second-order valence-electron chi connectivity index (χ2n) is 1.57. The Labute approximate surface area is 54.8 Å². The highest BCUT2D eigenvalue weighted by molar-refractivity contribution is 7.52. The first-order chi connectivity index (χ1) is 4.12. The second-order valence-corrected chi connectivity index (χ2v) is 3.42. The van der Waals surface area contributed by atoms with Crippen molar-refractivity contribution in [3.63, 3.8) is 0 Å². The smallest absolute Gasteiger partial charge is 0.323 e. The van der Waals surface area contributed by atoms with E-state index in [2.05, 4.69) is 9.84 Å². The first kappa shape index (κ1) is 9.11. The molecule has 0 aromatic rings. The lowest BCUT2D eigenvalue weighted by Gasteiger charge is -2.08. The van der Waals surface area contributed by atoms with Gasteiger partial charge in [0.2, 0.25) is 0 Å². The maximum atomic E-state index is 10.7. The van der Waals surface area contributed by atoms with E-state index in [-0.39, 0.29) is 12.9 Å². The molecule has 0 aliphatic heterocycles. The normalized spacial score (nSPS) is 17.2. The van der Waals surface area contributed by atoms with Crippen LogP contribution in [-0.2, 0) is 9.09 Å². The molecule has 0 fully saturated rings. The zero-order chi connectivity index (χ0) is 7.33. The molecule has 0 amide bonds. The van der Waals surface area contributed by atoms with Crippen LogP contribution in [-0.4, -0.2) is 24.8 Å². The summed E-state index contributed by atoms with van der Waals surface area (Å²) in [5.41, 5.74) is 0. The highest BCUT2D eigenvalue weighted by Gasteiger charge is 2.15. The SMILES string of the molecule is CCOP(=O)(O)CNC.